The molecular weight excluding hydrogens is 663 g/mol. The molecule has 0 radical (unpaired) electrons. The zero-order chi connectivity index (χ0) is 35.2. The number of tetrazole rings is 1. The Morgan fingerprint density at radius 1 is 0.824 bits per heavy atom. The maximum absolute atomic E-state index is 12.6. The Balaban J connectivity index is 1.12. The van der Waals surface area contributed by atoms with Gasteiger partial charge in [0.05, 0.1) is 24.5 Å². The van der Waals surface area contributed by atoms with Crippen molar-refractivity contribution in [3.8, 4) is 22.6 Å². The molecule has 3 N–H and O–H groups in total. The highest BCUT2D eigenvalue weighted by Crippen LogP contribution is 2.43. The average molecular weight is 700 g/mol. The number of phenols is 1. The number of thioether (sulfide) groups is 1. The standard InChI is InChI=1S/C40H37N5O5S/c1-26-36(25-51-40-42-43-44-45(40)34-17-19-35(47)20-18-34)49-39(50-37(26)29-15-13-27(24-46)14-16-29)33-12-6-11-32(22-33)31-10-5-7-28(21-31)23-41-38(48)30-8-3-2-4-9-30/h2-22,26,36-37,39,46-47H,23-25H2,1H3,(H,41,48)/t26-,36+,37+,39+/m1/s1. The Morgan fingerprint density at radius 3 is 2.33 bits per heavy atom. The van der Waals surface area contributed by atoms with Crippen molar-refractivity contribution in [1.29, 1.82) is 0 Å². The second-order valence-electron chi connectivity index (χ2n) is 12.4. The lowest BCUT2D eigenvalue weighted by molar-refractivity contribution is -0.268. The van der Waals surface area contributed by atoms with E-state index in [9.17, 15) is 15.0 Å². The number of phenolic OH excluding ortho intramolecular Hbond substituents is 1. The number of rotatable bonds is 11. The van der Waals surface area contributed by atoms with Crippen LogP contribution in [0.2, 0.25) is 0 Å². The number of nitrogens with one attached hydrogen (secondary N) is 1. The van der Waals surface area contributed by atoms with Crippen molar-refractivity contribution in [2.24, 2.45) is 5.92 Å². The molecule has 0 bridgehead atoms. The summed E-state index contributed by atoms with van der Waals surface area (Å²) in [7, 11) is 0. The summed E-state index contributed by atoms with van der Waals surface area (Å²) < 4.78 is 15.1. The van der Waals surface area contributed by atoms with Crippen LogP contribution in [0.25, 0.3) is 16.8 Å². The Labute approximate surface area is 300 Å². The molecule has 1 saturated heterocycles. The van der Waals surface area contributed by atoms with Crippen LogP contribution >= 0.6 is 11.8 Å². The van der Waals surface area contributed by atoms with Gasteiger partial charge in [-0.15, -0.1) is 5.10 Å². The molecule has 1 aliphatic rings. The molecule has 1 fully saturated rings. The number of carbonyl (C=O) groups excluding carboxylic acids is 1. The van der Waals surface area contributed by atoms with Crippen LogP contribution in [0.3, 0.4) is 0 Å². The molecule has 4 atom stereocenters. The van der Waals surface area contributed by atoms with E-state index in [1.807, 2.05) is 66.7 Å². The summed E-state index contributed by atoms with van der Waals surface area (Å²) in [6.45, 7) is 2.49. The third kappa shape index (κ3) is 8.03. The third-order valence-corrected chi connectivity index (χ3v) is 9.95. The van der Waals surface area contributed by atoms with Crippen LogP contribution < -0.4 is 5.32 Å². The Kier molecular flexibility index (Phi) is 10.5. The molecule has 0 unspecified atom stereocenters. The summed E-state index contributed by atoms with van der Waals surface area (Å²) >= 11 is 1.49. The van der Waals surface area contributed by atoms with Crippen molar-refractivity contribution in [3.63, 3.8) is 0 Å². The molecular formula is C40H37N5O5S. The minimum Gasteiger partial charge on any atom is -0.508 e. The fraction of sp³-hybridized carbons (Fsp3) is 0.200. The number of aromatic nitrogens is 4. The van der Waals surface area contributed by atoms with Crippen molar-refractivity contribution in [1.82, 2.24) is 25.5 Å². The summed E-state index contributed by atoms with van der Waals surface area (Å²) in [4.78, 5) is 12.6. The number of carbonyl (C=O) groups is 1. The van der Waals surface area contributed by atoms with Gasteiger partial charge < -0.3 is 25.0 Å². The molecule has 1 aromatic heterocycles. The largest absolute Gasteiger partial charge is 0.508 e. The van der Waals surface area contributed by atoms with Gasteiger partial charge in [-0.3, -0.25) is 4.79 Å². The lowest BCUT2D eigenvalue weighted by Crippen LogP contribution is -2.38. The smallest absolute Gasteiger partial charge is 0.251 e. The van der Waals surface area contributed by atoms with Gasteiger partial charge >= 0.3 is 0 Å². The fourth-order valence-corrected chi connectivity index (χ4v) is 7.14. The first-order chi connectivity index (χ1) is 24.9. The molecule has 1 aliphatic heterocycles. The molecule has 0 aliphatic carbocycles. The van der Waals surface area contributed by atoms with Crippen LogP contribution in [0.1, 0.15) is 51.9 Å². The normalized spacial score (nSPS) is 18.7. The van der Waals surface area contributed by atoms with Gasteiger partial charge in [0.25, 0.3) is 5.91 Å². The summed E-state index contributed by atoms with van der Waals surface area (Å²) in [6, 6.07) is 40.0. The quantitative estimate of drug-likeness (QED) is 0.122. The topological polar surface area (TPSA) is 132 Å². The van der Waals surface area contributed by atoms with E-state index in [-0.39, 0.29) is 36.4 Å². The lowest BCUT2D eigenvalue weighted by Gasteiger charge is -2.41. The second kappa shape index (κ2) is 15.7. The highest BCUT2D eigenvalue weighted by molar-refractivity contribution is 7.99. The van der Waals surface area contributed by atoms with Gasteiger partial charge in [0, 0.05) is 29.3 Å². The Morgan fingerprint density at radius 2 is 1.57 bits per heavy atom. The first kappa shape index (κ1) is 34.1. The summed E-state index contributed by atoms with van der Waals surface area (Å²) in [5.41, 5.74) is 7.06. The number of ether oxygens (including phenoxy) is 2. The highest BCUT2D eigenvalue weighted by atomic mass is 32.2. The van der Waals surface area contributed by atoms with Crippen molar-refractivity contribution >= 4 is 17.7 Å². The minimum absolute atomic E-state index is 0.0299. The summed E-state index contributed by atoms with van der Waals surface area (Å²) in [6.07, 6.45) is -1.17. The van der Waals surface area contributed by atoms with E-state index in [1.165, 1.54) is 11.8 Å². The molecule has 51 heavy (non-hydrogen) atoms. The van der Waals surface area contributed by atoms with E-state index in [0.717, 1.165) is 39.1 Å². The Bertz CT molecular complexity index is 2070. The fourth-order valence-electron chi connectivity index (χ4n) is 6.09. The molecule has 7 rings (SSSR count). The van der Waals surface area contributed by atoms with E-state index in [2.05, 4.69) is 52.0 Å². The van der Waals surface area contributed by atoms with Gasteiger partial charge in [-0.2, -0.15) is 4.68 Å². The van der Waals surface area contributed by atoms with Crippen molar-refractivity contribution in [3.05, 3.63) is 155 Å². The molecule has 258 valence electrons. The SMILES string of the molecule is C[C@@H]1[C@H](CSc2nnnn2-c2ccc(O)cc2)O[C@H](c2cccc(-c3cccc(CNC(=O)c4ccccc4)c3)c2)O[C@@H]1c1ccc(CO)cc1. The van der Waals surface area contributed by atoms with Gasteiger partial charge in [-0.25, -0.2) is 0 Å². The number of hydrogen-bond donors (Lipinski definition) is 3. The van der Waals surface area contributed by atoms with Crippen molar-refractivity contribution < 1.29 is 24.5 Å². The molecule has 11 heteroatoms. The van der Waals surface area contributed by atoms with E-state index in [1.54, 1.807) is 41.1 Å². The highest BCUT2D eigenvalue weighted by Gasteiger charge is 2.38. The van der Waals surface area contributed by atoms with E-state index < -0.39 is 6.29 Å². The zero-order valence-electron chi connectivity index (χ0n) is 27.9. The van der Waals surface area contributed by atoms with Crippen LogP contribution in [0.15, 0.2) is 133 Å². The summed E-state index contributed by atoms with van der Waals surface area (Å²) in [5.74, 6) is 0.575. The molecule has 10 nitrogen and oxygen atoms in total. The van der Waals surface area contributed by atoms with Gasteiger partial charge in [0.15, 0.2) is 6.29 Å². The zero-order valence-corrected chi connectivity index (χ0v) is 28.7. The van der Waals surface area contributed by atoms with Crippen LogP contribution in [0.5, 0.6) is 5.75 Å². The predicted octanol–water partition coefficient (Wildman–Crippen LogP) is 7.04. The molecule has 2 heterocycles. The van der Waals surface area contributed by atoms with Crippen molar-refractivity contribution in [2.75, 3.05) is 5.75 Å². The first-order valence-electron chi connectivity index (χ1n) is 16.7. The second-order valence-corrected chi connectivity index (χ2v) is 13.4. The average Bonchev–Trinajstić information content (AvgIpc) is 3.66. The number of aliphatic hydroxyl groups excluding tert-OH is 1. The van der Waals surface area contributed by atoms with Crippen LogP contribution in [0.4, 0.5) is 0 Å². The van der Waals surface area contributed by atoms with Crippen LogP contribution in [-0.4, -0.2) is 48.2 Å². The van der Waals surface area contributed by atoms with Crippen LogP contribution in [0, 0.1) is 5.92 Å². The first-order valence-corrected chi connectivity index (χ1v) is 17.7. The lowest BCUT2D eigenvalue weighted by atomic mass is 9.91. The van der Waals surface area contributed by atoms with E-state index in [0.29, 0.717) is 23.0 Å². The van der Waals surface area contributed by atoms with Gasteiger partial charge in [0.1, 0.15) is 5.75 Å². The molecule has 1 amide bonds. The number of aromatic hydroxyl groups is 1. The van der Waals surface area contributed by atoms with Gasteiger partial charge in [0.2, 0.25) is 5.16 Å². The molecule has 0 saturated carbocycles. The summed E-state index contributed by atoms with van der Waals surface area (Å²) in [5, 5.41) is 35.3. The van der Waals surface area contributed by atoms with E-state index in [4.69, 9.17) is 9.47 Å². The van der Waals surface area contributed by atoms with Gasteiger partial charge in [-0.05, 0) is 86.8 Å². The third-order valence-electron chi connectivity index (χ3n) is 8.94. The maximum Gasteiger partial charge on any atom is 0.251 e. The number of aliphatic hydroxyl groups is 1. The van der Waals surface area contributed by atoms with Crippen LogP contribution in [-0.2, 0) is 22.6 Å². The minimum atomic E-state index is -0.657. The number of nitrogens with zero attached hydrogens (tertiary/aromatic N) is 4. The number of benzene rings is 5. The maximum atomic E-state index is 12.6. The van der Waals surface area contributed by atoms with Crippen molar-refractivity contribution in [2.45, 2.75) is 43.7 Å². The Hall–Kier alpha value is -5.33. The van der Waals surface area contributed by atoms with Gasteiger partial charge in [-0.1, -0.05) is 97.5 Å². The number of amides is 1. The molecule has 5 aromatic carbocycles. The molecule has 0 spiro atoms. The predicted molar refractivity (Wildman–Crippen MR) is 194 cm³/mol. The number of hydrogen-bond acceptors (Lipinski definition) is 9. The molecule has 6 aromatic rings. The monoisotopic (exact) mass is 699 g/mol. The van der Waals surface area contributed by atoms with E-state index >= 15 is 0 Å².